The third-order valence-electron chi connectivity index (χ3n) is 4.34. The number of fused-ring (bicyclic) bond motifs is 1. The zero-order chi connectivity index (χ0) is 12.5. The first-order chi connectivity index (χ1) is 8.77. The van der Waals surface area contributed by atoms with Gasteiger partial charge in [-0.15, -0.1) is 0 Å². The summed E-state index contributed by atoms with van der Waals surface area (Å²) in [4.78, 5) is 0. The zero-order valence-electron chi connectivity index (χ0n) is 10.6. The number of rotatable bonds is 1. The van der Waals surface area contributed by atoms with Gasteiger partial charge in [0.1, 0.15) is 5.75 Å². The minimum absolute atomic E-state index is 0.481. The van der Waals surface area contributed by atoms with Crippen molar-refractivity contribution in [2.45, 2.75) is 44.4 Å². The van der Waals surface area contributed by atoms with Gasteiger partial charge in [-0.05, 0) is 71.3 Å². The standard InChI is InChI=1S/C15H20BrNO/c16-14-12-5-3-1-2-4-10(12)8-13(15(14)18)11-6-7-17-9-11/h8,11,17-18H,1-7,9H2. The van der Waals surface area contributed by atoms with Gasteiger partial charge in [0.2, 0.25) is 0 Å². The Hall–Kier alpha value is -0.540. The van der Waals surface area contributed by atoms with Gasteiger partial charge in [0.25, 0.3) is 0 Å². The highest BCUT2D eigenvalue weighted by atomic mass is 79.9. The SMILES string of the molecule is Oc1c(C2CCNC2)cc2c(c1Br)CCCCC2. The number of hydrogen-bond donors (Lipinski definition) is 2. The van der Waals surface area contributed by atoms with Crippen molar-refractivity contribution in [3.8, 4) is 5.75 Å². The Kier molecular flexibility index (Phi) is 3.62. The summed E-state index contributed by atoms with van der Waals surface area (Å²) in [7, 11) is 0. The van der Waals surface area contributed by atoms with E-state index >= 15 is 0 Å². The molecule has 0 spiro atoms. The van der Waals surface area contributed by atoms with Crippen molar-refractivity contribution in [2.75, 3.05) is 13.1 Å². The van der Waals surface area contributed by atoms with Crippen LogP contribution in [0.25, 0.3) is 0 Å². The van der Waals surface area contributed by atoms with E-state index in [0.29, 0.717) is 11.7 Å². The quantitative estimate of drug-likeness (QED) is 0.778. The fraction of sp³-hybridized carbons (Fsp3) is 0.600. The van der Waals surface area contributed by atoms with E-state index in [2.05, 4.69) is 27.3 Å². The Morgan fingerprint density at radius 3 is 2.83 bits per heavy atom. The van der Waals surface area contributed by atoms with Crippen LogP contribution in [0, 0.1) is 0 Å². The first-order valence-corrected chi connectivity index (χ1v) is 7.80. The Balaban J connectivity index is 2.05. The van der Waals surface area contributed by atoms with Crippen LogP contribution in [-0.2, 0) is 12.8 Å². The second-order valence-corrected chi connectivity index (χ2v) is 6.31. The van der Waals surface area contributed by atoms with Crippen LogP contribution >= 0.6 is 15.9 Å². The Morgan fingerprint density at radius 2 is 2.06 bits per heavy atom. The number of hydrogen-bond acceptors (Lipinski definition) is 2. The summed E-state index contributed by atoms with van der Waals surface area (Å²) in [5, 5.41) is 13.8. The molecule has 2 N–H and O–H groups in total. The van der Waals surface area contributed by atoms with Crippen LogP contribution < -0.4 is 5.32 Å². The second kappa shape index (κ2) is 5.22. The van der Waals surface area contributed by atoms with Crippen LogP contribution in [0.3, 0.4) is 0 Å². The highest BCUT2D eigenvalue weighted by Crippen LogP contribution is 2.41. The lowest BCUT2D eigenvalue weighted by atomic mass is 9.91. The molecule has 1 fully saturated rings. The molecular formula is C15H20BrNO. The minimum atomic E-state index is 0.481. The minimum Gasteiger partial charge on any atom is -0.506 e. The normalized spacial score (nSPS) is 23.7. The first-order valence-electron chi connectivity index (χ1n) is 7.01. The molecule has 3 heteroatoms. The summed E-state index contributed by atoms with van der Waals surface area (Å²) < 4.78 is 0.962. The highest BCUT2D eigenvalue weighted by Gasteiger charge is 2.24. The molecule has 1 aliphatic heterocycles. The van der Waals surface area contributed by atoms with Crippen LogP contribution in [0.4, 0.5) is 0 Å². The molecular weight excluding hydrogens is 290 g/mol. The molecule has 0 bridgehead atoms. The lowest BCUT2D eigenvalue weighted by Crippen LogP contribution is -2.09. The maximum Gasteiger partial charge on any atom is 0.133 e. The summed E-state index contributed by atoms with van der Waals surface area (Å²) in [5.41, 5.74) is 3.95. The Morgan fingerprint density at radius 1 is 1.22 bits per heavy atom. The van der Waals surface area contributed by atoms with Crippen molar-refractivity contribution in [1.29, 1.82) is 0 Å². The van der Waals surface area contributed by atoms with Gasteiger partial charge in [-0.25, -0.2) is 0 Å². The molecule has 1 aromatic rings. The molecule has 98 valence electrons. The average molecular weight is 310 g/mol. The summed E-state index contributed by atoms with van der Waals surface area (Å²) in [6, 6.07) is 2.28. The molecule has 18 heavy (non-hydrogen) atoms. The molecule has 1 aliphatic carbocycles. The van der Waals surface area contributed by atoms with Gasteiger partial charge >= 0.3 is 0 Å². The molecule has 0 amide bonds. The van der Waals surface area contributed by atoms with E-state index in [-0.39, 0.29) is 0 Å². The maximum atomic E-state index is 10.4. The van der Waals surface area contributed by atoms with E-state index in [1.165, 1.54) is 36.8 Å². The van der Waals surface area contributed by atoms with E-state index in [0.717, 1.165) is 36.0 Å². The van der Waals surface area contributed by atoms with Gasteiger partial charge in [-0.1, -0.05) is 12.5 Å². The topological polar surface area (TPSA) is 32.3 Å². The van der Waals surface area contributed by atoms with E-state index in [4.69, 9.17) is 0 Å². The van der Waals surface area contributed by atoms with Crippen molar-refractivity contribution in [3.63, 3.8) is 0 Å². The van der Waals surface area contributed by atoms with Gasteiger partial charge < -0.3 is 10.4 Å². The monoisotopic (exact) mass is 309 g/mol. The molecule has 1 heterocycles. The molecule has 1 unspecified atom stereocenters. The molecule has 3 rings (SSSR count). The lowest BCUT2D eigenvalue weighted by Gasteiger charge is -2.18. The summed E-state index contributed by atoms with van der Waals surface area (Å²) in [6.07, 6.45) is 7.25. The second-order valence-electron chi connectivity index (χ2n) is 5.52. The first kappa shape index (κ1) is 12.5. The number of aryl methyl sites for hydroxylation is 1. The predicted octanol–water partition coefficient (Wildman–Crippen LogP) is 3.50. The van der Waals surface area contributed by atoms with E-state index in [9.17, 15) is 5.11 Å². The van der Waals surface area contributed by atoms with Gasteiger partial charge in [0.05, 0.1) is 4.47 Å². The third-order valence-corrected chi connectivity index (χ3v) is 5.19. The lowest BCUT2D eigenvalue weighted by molar-refractivity contribution is 0.458. The maximum absolute atomic E-state index is 10.4. The molecule has 2 aliphatic rings. The molecule has 1 atom stereocenters. The third kappa shape index (κ3) is 2.19. The number of aromatic hydroxyl groups is 1. The smallest absolute Gasteiger partial charge is 0.133 e. The number of phenolic OH excluding ortho intramolecular Hbond substituents is 1. The van der Waals surface area contributed by atoms with Crippen LogP contribution in [0.15, 0.2) is 10.5 Å². The fourth-order valence-electron chi connectivity index (χ4n) is 3.27. The van der Waals surface area contributed by atoms with Crippen molar-refractivity contribution >= 4 is 15.9 Å². The largest absolute Gasteiger partial charge is 0.506 e. The number of benzene rings is 1. The molecule has 2 nitrogen and oxygen atoms in total. The summed E-state index contributed by atoms with van der Waals surface area (Å²) >= 11 is 3.63. The number of nitrogens with one attached hydrogen (secondary N) is 1. The average Bonchev–Trinajstić information content (AvgIpc) is 2.79. The summed E-state index contributed by atoms with van der Waals surface area (Å²) in [5.74, 6) is 0.971. The van der Waals surface area contributed by atoms with Crippen molar-refractivity contribution in [2.24, 2.45) is 0 Å². The van der Waals surface area contributed by atoms with E-state index in [1.54, 1.807) is 0 Å². The van der Waals surface area contributed by atoms with Gasteiger partial charge in [0.15, 0.2) is 0 Å². The Bertz CT molecular complexity index is 452. The summed E-state index contributed by atoms with van der Waals surface area (Å²) in [6.45, 7) is 2.07. The molecule has 0 aromatic heterocycles. The molecule has 0 radical (unpaired) electrons. The van der Waals surface area contributed by atoms with Crippen molar-refractivity contribution < 1.29 is 5.11 Å². The molecule has 1 saturated heterocycles. The number of phenols is 1. The van der Waals surface area contributed by atoms with Crippen molar-refractivity contribution in [3.05, 3.63) is 27.2 Å². The van der Waals surface area contributed by atoms with Crippen LogP contribution in [0.1, 0.15) is 48.3 Å². The predicted molar refractivity (Wildman–Crippen MR) is 77.3 cm³/mol. The van der Waals surface area contributed by atoms with Gasteiger partial charge in [-0.2, -0.15) is 0 Å². The van der Waals surface area contributed by atoms with E-state index < -0.39 is 0 Å². The highest BCUT2D eigenvalue weighted by molar-refractivity contribution is 9.10. The van der Waals surface area contributed by atoms with Crippen molar-refractivity contribution in [1.82, 2.24) is 5.32 Å². The van der Waals surface area contributed by atoms with Crippen LogP contribution in [0.5, 0.6) is 5.75 Å². The van der Waals surface area contributed by atoms with E-state index in [1.807, 2.05) is 0 Å². The van der Waals surface area contributed by atoms with Crippen LogP contribution in [0.2, 0.25) is 0 Å². The fourth-order valence-corrected chi connectivity index (χ4v) is 3.95. The van der Waals surface area contributed by atoms with Gasteiger partial charge in [-0.3, -0.25) is 0 Å². The zero-order valence-corrected chi connectivity index (χ0v) is 12.2. The molecule has 1 aromatic carbocycles. The number of halogens is 1. The molecule has 0 saturated carbocycles. The van der Waals surface area contributed by atoms with Crippen LogP contribution in [-0.4, -0.2) is 18.2 Å². The van der Waals surface area contributed by atoms with Gasteiger partial charge in [0, 0.05) is 12.5 Å². The Labute approximate surface area is 117 Å².